The molecule has 0 unspecified atom stereocenters. The summed E-state index contributed by atoms with van der Waals surface area (Å²) in [6.45, 7) is 1.95. The molecule has 7 heteroatoms. The van der Waals surface area contributed by atoms with Crippen molar-refractivity contribution in [2.45, 2.75) is 24.7 Å². The number of hydrogen-bond acceptors (Lipinski definition) is 4. The highest BCUT2D eigenvalue weighted by Crippen LogP contribution is 2.28. The number of hydrogen-bond donors (Lipinski definition) is 2. The van der Waals surface area contributed by atoms with Crippen LogP contribution >= 0.6 is 0 Å². The van der Waals surface area contributed by atoms with Crippen LogP contribution in [0.25, 0.3) is 22.2 Å². The zero-order valence-corrected chi connectivity index (χ0v) is 14.9. The smallest absolute Gasteiger partial charge is 0.224 e. The fourth-order valence-corrected chi connectivity index (χ4v) is 3.23. The Bertz CT molecular complexity index is 1020. The fourth-order valence-electron chi connectivity index (χ4n) is 2.60. The van der Waals surface area contributed by atoms with Crippen molar-refractivity contribution in [2.75, 3.05) is 11.6 Å². The van der Waals surface area contributed by atoms with Crippen LogP contribution in [0.2, 0.25) is 0 Å². The monoisotopic (exact) mass is 357 g/mol. The van der Waals surface area contributed by atoms with Gasteiger partial charge in [0, 0.05) is 36.0 Å². The van der Waals surface area contributed by atoms with E-state index in [2.05, 4.69) is 15.3 Å². The van der Waals surface area contributed by atoms with E-state index in [1.165, 1.54) is 6.26 Å². The van der Waals surface area contributed by atoms with Crippen molar-refractivity contribution in [3.05, 3.63) is 42.7 Å². The molecule has 0 saturated heterocycles. The third-order valence-corrected chi connectivity index (χ3v) is 5.03. The van der Waals surface area contributed by atoms with Crippen molar-refractivity contribution < 1.29 is 13.2 Å². The number of sulfone groups is 1. The van der Waals surface area contributed by atoms with Gasteiger partial charge in [-0.05, 0) is 30.2 Å². The van der Waals surface area contributed by atoms with Crippen LogP contribution in [0, 0.1) is 0 Å². The Kier molecular flexibility index (Phi) is 4.59. The quantitative estimate of drug-likeness (QED) is 0.732. The minimum absolute atomic E-state index is 0.0358. The SMILES string of the molecule is CCCC(=O)Nc1c[nH]c2ncc(-c3ccc(S(C)(=O)=O)cc3)cc12. The minimum atomic E-state index is -3.22. The Morgan fingerprint density at radius 2 is 1.92 bits per heavy atom. The molecule has 0 aliphatic heterocycles. The number of fused-ring (bicyclic) bond motifs is 1. The predicted molar refractivity (Wildman–Crippen MR) is 98.2 cm³/mol. The third kappa shape index (κ3) is 3.71. The lowest BCUT2D eigenvalue weighted by molar-refractivity contribution is -0.116. The molecule has 6 nitrogen and oxygen atoms in total. The molecule has 2 N–H and O–H groups in total. The van der Waals surface area contributed by atoms with E-state index in [1.54, 1.807) is 36.7 Å². The van der Waals surface area contributed by atoms with Crippen LogP contribution in [0.4, 0.5) is 5.69 Å². The third-order valence-electron chi connectivity index (χ3n) is 3.90. The number of amides is 1. The second kappa shape index (κ2) is 6.68. The lowest BCUT2D eigenvalue weighted by atomic mass is 10.1. The van der Waals surface area contributed by atoms with Crippen LogP contribution in [0.5, 0.6) is 0 Å². The molecule has 0 aliphatic carbocycles. The number of benzene rings is 1. The van der Waals surface area contributed by atoms with E-state index in [9.17, 15) is 13.2 Å². The Labute approximate surface area is 146 Å². The van der Waals surface area contributed by atoms with E-state index < -0.39 is 9.84 Å². The second-order valence-corrected chi connectivity index (χ2v) is 7.93. The van der Waals surface area contributed by atoms with Crippen molar-refractivity contribution in [2.24, 2.45) is 0 Å². The molecule has 3 aromatic rings. The summed E-state index contributed by atoms with van der Waals surface area (Å²) in [7, 11) is -3.22. The molecule has 2 heterocycles. The highest BCUT2D eigenvalue weighted by Gasteiger charge is 2.11. The van der Waals surface area contributed by atoms with Crippen LogP contribution in [0.15, 0.2) is 47.6 Å². The van der Waals surface area contributed by atoms with Crippen molar-refractivity contribution in [1.82, 2.24) is 9.97 Å². The summed E-state index contributed by atoms with van der Waals surface area (Å²) in [4.78, 5) is 19.5. The maximum absolute atomic E-state index is 11.8. The first-order chi connectivity index (χ1) is 11.9. The topological polar surface area (TPSA) is 91.9 Å². The highest BCUT2D eigenvalue weighted by molar-refractivity contribution is 7.90. The zero-order valence-electron chi connectivity index (χ0n) is 14.0. The Balaban J connectivity index is 1.96. The van der Waals surface area contributed by atoms with Gasteiger partial charge in [0.1, 0.15) is 5.65 Å². The first-order valence-corrected chi connectivity index (χ1v) is 9.85. The van der Waals surface area contributed by atoms with Gasteiger partial charge in [0.05, 0.1) is 10.6 Å². The van der Waals surface area contributed by atoms with Gasteiger partial charge in [0.2, 0.25) is 5.91 Å². The number of H-pyrrole nitrogens is 1. The van der Waals surface area contributed by atoms with Crippen molar-refractivity contribution in [3.8, 4) is 11.1 Å². The highest BCUT2D eigenvalue weighted by atomic mass is 32.2. The van der Waals surface area contributed by atoms with Gasteiger partial charge in [-0.15, -0.1) is 0 Å². The number of pyridine rings is 1. The van der Waals surface area contributed by atoms with Crippen LogP contribution in [0.3, 0.4) is 0 Å². The van der Waals surface area contributed by atoms with E-state index in [-0.39, 0.29) is 10.8 Å². The fraction of sp³-hybridized carbons (Fsp3) is 0.222. The molecule has 0 fully saturated rings. The number of carbonyl (C=O) groups excluding carboxylic acids is 1. The van der Waals surface area contributed by atoms with Crippen molar-refractivity contribution >= 4 is 32.5 Å². The van der Waals surface area contributed by atoms with Crippen LogP contribution in [-0.2, 0) is 14.6 Å². The van der Waals surface area contributed by atoms with Crippen molar-refractivity contribution in [1.29, 1.82) is 0 Å². The summed E-state index contributed by atoms with van der Waals surface area (Å²) in [6.07, 6.45) is 5.87. The summed E-state index contributed by atoms with van der Waals surface area (Å²) in [5.74, 6) is -0.0358. The average molecular weight is 357 g/mol. The van der Waals surface area contributed by atoms with Crippen LogP contribution in [-0.4, -0.2) is 30.5 Å². The van der Waals surface area contributed by atoms with Crippen molar-refractivity contribution in [3.63, 3.8) is 0 Å². The molecular formula is C18H19N3O3S. The molecule has 0 bridgehead atoms. The molecule has 1 aromatic carbocycles. The number of nitrogens with zero attached hydrogens (tertiary/aromatic N) is 1. The first-order valence-electron chi connectivity index (χ1n) is 7.96. The largest absolute Gasteiger partial charge is 0.344 e. The maximum Gasteiger partial charge on any atom is 0.224 e. The summed E-state index contributed by atoms with van der Waals surface area (Å²) >= 11 is 0. The average Bonchev–Trinajstić information content (AvgIpc) is 2.96. The van der Waals surface area contributed by atoms with E-state index in [0.29, 0.717) is 17.8 Å². The van der Waals surface area contributed by atoms with E-state index >= 15 is 0 Å². The van der Waals surface area contributed by atoms with Gasteiger partial charge in [-0.2, -0.15) is 0 Å². The molecule has 0 aliphatic rings. The van der Waals surface area contributed by atoms with Crippen LogP contribution < -0.4 is 5.32 Å². The normalized spacial score (nSPS) is 11.6. The summed E-state index contributed by atoms with van der Waals surface area (Å²) in [5.41, 5.74) is 3.07. The zero-order chi connectivity index (χ0) is 18.0. The molecule has 0 radical (unpaired) electrons. The summed E-state index contributed by atoms with van der Waals surface area (Å²) in [6, 6.07) is 8.59. The minimum Gasteiger partial charge on any atom is -0.344 e. The summed E-state index contributed by atoms with van der Waals surface area (Å²) < 4.78 is 23.1. The Morgan fingerprint density at radius 3 is 2.56 bits per heavy atom. The summed E-state index contributed by atoms with van der Waals surface area (Å²) in [5, 5.41) is 3.70. The van der Waals surface area contributed by atoms with Gasteiger partial charge in [-0.25, -0.2) is 13.4 Å². The van der Waals surface area contributed by atoms with Gasteiger partial charge in [0.15, 0.2) is 9.84 Å². The van der Waals surface area contributed by atoms with E-state index in [4.69, 9.17) is 0 Å². The van der Waals surface area contributed by atoms with Gasteiger partial charge < -0.3 is 10.3 Å². The molecule has 130 valence electrons. The number of nitrogens with one attached hydrogen (secondary N) is 2. The van der Waals surface area contributed by atoms with Gasteiger partial charge in [0.25, 0.3) is 0 Å². The molecule has 3 rings (SSSR count). The van der Waals surface area contributed by atoms with Gasteiger partial charge >= 0.3 is 0 Å². The number of anilines is 1. The molecule has 0 atom stereocenters. The standard InChI is InChI=1S/C18H19N3O3S/c1-3-4-17(22)21-16-11-20-18-15(16)9-13(10-19-18)12-5-7-14(8-6-12)25(2,23)24/h5-11H,3-4H2,1-2H3,(H,19,20)(H,21,22). The number of carbonyl (C=O) groups is 1. The molecule has 0 saturated carbocycles. The number of aromatic amines is 1. The number of aromatic nitrogens is 2. The van der Waals surface area contributed by atoms with Gasteiger partial charge in [-0.3, -0.25) is 4.79 Å². The molecule has 1 amide bonds. The van der Waals surface area contributed by atoms with Crippen LogP contribution in [0.1, 0.15) is 19.8 Å². The predicted octanol–water partition coefficient (Wildman–Crippen LogP) is 3.37. The van der Waals surface area contributed by atoms with E-state index in [1.807, 2.05) is 13.0 Å². The number of rotatable bonds is 5. The molecular weight excluding hydrogens is 338 g/mol. The molecule has 2 aromatic heterocycles. The Morgan fingerprint density at radius 1 is 1.20 bits per heavy atom. The van der Waals surface area contributed by atoms with Gasteiger partial charge in [-0.1, -0.05) is 19.1 Å². The Hall–Kier alpha value is -2.67. The lowest BCUT2D eigenvalue weighted by Gasteiger charge is -2.05. The van der Waals surface area contributed by atoms with E-state index in [0.717, 1.165) is 22.9 Å². The maximum atomic E-state index is 11.8. The second-order valence-electron chi connectivity index (χ2n) is 5.92. The first kappa shape index (κ1) is 17.2. The lowest BCUT2D eigenvalue weighted by Crippen LogP contribution is -2.10. The molecule has 0 spiro atoms. The molecule has 25 heavy (non-hydrogen) atoms.